The maximum atomic E-state index is 14.5. The molecule has 4 rings (SSSR count). The molecule has 3 heterocycles. The Morgan fingerprint density at radius 2 is 2.03 bits per heavy atom. The fourth-order valence-corrected chi connectivity index (χ4v) is 4.13. The standard InChI is InChI=1S/C24H24FN5O2/c1-30-23(15-4-3-10-27-11-9-15)29-22(16-5-6-17(13-26)19(25)12-16)21(24(30)31)18-7-8-20(32-2)28-14-18/h5-8,12,14-15,27H,3-4,9-11H2,1-2H3. The highest BCUT2D eigenvalue weighted by atomic mass is 19.1. The Hall–Kier alpha value is -3.57. The van der Waals surface area contributed by atoms with Gasteiger partial charge in [-0.05, 0) is 50.6 Å². The van der Waals surface area contributed by atoms with Crippen LogP contribution in [-0.2, 0) is 7.05 Å². The van der Waals surface area contributed by atoms with E-state index >= 15 is 0 Å². The van der Waals surface area contributed by atoms with E-state index in [4.69, 9.17) is 15.0 Å². The van der Waals surface area contributed by atoms with Crippen LogP contribution in [0, 0.1) is 17.1 Å². The molecule has 1 aliphatic heterocycles. The van der Waals surface area contributed by atoms with E-state index in [-0.39, 0.29) is 17.0 Å². The molecule has 1 saturated heterocycles. The second kappa shape index (κ2) is 9.28. The lowest BCUT2D eigenvalue weighted by molar-refractivity contribution is 0.398. The zero-order chi connectivity index (χ0) is 22.7. The van der Waals surface area contributed by atoms with Crippen LogP contribution in [0.5, 0.6) is 5.88 Å². The summed E-state index contributed by atoms with van der Waals surface area (Å²) < 4.78 is 21.2. The molecule has 0 amide bonds. The predicted molar refractivity (Wildman–Crippen MR) is 119 cm³/mol. The van der Waals surface area contributed by atoms with Crippen LogP contribution in [0.1, 0.15) is 36.6 Å². The van der Waals surface area contributed by atoms with E-state index in [0.717, 1.165) is 32.4 Å². The molecule has 0 radical (unpaired) electrons. The normalized spacial score (nSPS) is 16.2. The third kappa shape index (κ3) is 4.12. The van der Waals surface area contributed by atoms with Crippen LogP contribution >= 0.6 is 0 Å². The fourth-order valence-electron chi connectivity index (χ4n) is 4.13. The largest absolute Gasteiger partial charge is 0.481 e. The minimum atomic E-state index is -0.647. The van der Waals surface area contributed by atoms with Crippen LogP contribution in [-0.4, -0.2) is 34.7 Å². The topological polar surface area (TPSA) is 92.8 Å². The molecule has 1 aromatic carbocycles. The van der Waals surface area contributed by atoms with Crippen molar-refractivity contribution in [3.8, 4) is 34.3 Å². The van der Waals surface area contributed by atoms with Crippen molar-refractivity contribution in [1.82, 2.24) is 19.9 Å². The molecule has 164 valence electrons. The average Bonchev–Trinajstić information content (AvgIpc) is 3.10. The van der Waals surface area contributed by atoms with E-state index in [1.807, 2.05) is 6.07 Å². The molecular weight excluding hydrogens is 409 g/mol. The molecule has 0 bridgehead atoms. The summed E-state index contributed by atoms with van der Waals surface area (Å²) in [7, 11) is 3.25. The van der Waals surface area contributed by atoms with Crippen LogP contribution < -0.4 is 15.6 Å². The van der Waals surface area contributed by atoms with E-state index in [1.165, 1.54) is 19.2 Å². The molecule has 1 fully saturated rings. The van der Waals surface area contributed by atoms with Crippen molar-refractivity contribution in [2.45, 2.75) is 25.2 Å². The van der Waals surface area contributed by atoms with Gasteiger partial charge in [0.2, 0.25) is 5.88 Å². The number of halogens is 1. The van der Waals surface area contributed by atoms with E-state index in [1.54, 1.807) is 36.0 Å². The summed E-state index contributed by atoms with van der Waals surface area (Å²) in [5.74, 6) is 0.579. The number of nitrogens with zero attached hydrogens (tertiary/aromatic N) is 4. The molecule has 8 heteroatoms. The molecule has 7 nitrogen and oxygen atoms in total. The van der Waals surface area contributed by atoms with Crippen molar-refractivity contribution in [2.24, 2.45) is 7.05 Å². The molecular formula is C24H24FN5O2. The minimum Gasteiger partial charge on any atom is -0.481 e. The van der Waals surface area contributed by atoms with Crippen LogP contribution in [0.25, 0.3) is 22.4 Å². The summed E-state index contributed by atoms with van der Waals surface area (Å²) in [6, 6.07) is 9.54. The molecule has 1 aliphatic rings. The second-order valence-electron chi connectivity index (χ2n) is 7.83. The smallest absolute Gasteiger partial charge is 0.261 e. The first-order chi connectivity index (χ1) is 15.5. The van der Waals surface area contributed by atoms with E-state index in [2.05, 4.69) is 10.3 Å². The third-order valence-corrected chi connectivity index (χ3v) is 5.86. The summed E-state index contributed by atoms with van der Waals surface area (Å²) in [6.45, 7) is 1.79. The summed E-state index contributed by atoms with van der Waals surface area (Å²) >= 11 is 0. The van der Waals surface area contributed by atoms with Crippen molar-refractivity contribution >= 4 is 0 Å². The van der Waals surface area contributed by atoms with Gasteiger partial charge < -0.3 is 10.1 Å². The lowest BCUT2D eigenvalue weighted by Crippen LogP contribution is -2.27. The Balaban J connectivity index is 1.95. The maximum Gasteiger partial charge on any atom is 0.261 e. The van der Waals surface area contributed by atoms with Gasteiger partial charge >= 0.3 is 0 Å². The quantitative estimate of drug-likeness (QED) is 0.678. The molecule has 2 aromatic heterocycles. The van der Waals surface area contributed by atoms with Gasteiger partial charge in [0.1, 0.15) is 17.7 Å². The van der Waals surface area contributed by atoms with Gasteiger partial charge in [0.25, 0.3) is 5.56 Å². The maximum absolute atomic E-state index is 14.5. The number of pyridine rings is 1. The predicted octanol–water partition coefficient (Wildman–Crippen LogP) is 3.39. The fraction of sp³-hybridized carbons (Fsp3) is 0.333. The molecule has 1 unspecified atom stereocenters. The highest BCUT2D eigenvalue weighted by Gasteiger charge is 2.24. The molecule has 0 aliphatic carbocycles. The number of nitrogens with one attached hydrogen (secondary N) is 1. The lowest BCUT2D eigenvalue weighted by Gasteiger charge is -2.20. The van der Waals surface area contributed by atoms with Gasteiger partial charge in [0.15, 0.2) is 0 Å². The molecule has 1 atom stereocenters. The molecule has 32 heavy (non-hydrogen) atoms. The van der Waals surface area contributed by atoms with Crippen LogP contribution in [0.3, 0.4) is 0 Å². The van der Waals surface area contributed by atoms with Gasteiger partial charge in [-0.1, -0.05) is 6.07 Å². The highest BCUT2D eigenvalue weighted by molar-refractivity contribution is 5.80. The monoisotopic (exact) mass is 433 g/mol. The van der Waals surface area contributed by atoms with Gasteiger partial charge in [-0.3, -0.25) is 9.36 Å². The van der Waals surface area contributed by atoms with Crippen LogP contribution in [0.15, 0.2) is 41.3 Å². The number of rotatable bonds is 4. The number of ether oxygens (including phenoxy) is 1. The number of benzene rings is 1. The van der Waals surface area contributed by atoms with Crippen LogP contribution in [0.4, 0.5) is 4.39 Å². The lowest BCUT2D eigenvalue weighted by atomic mass is 9.96. The van der Waals surface area contributed by atoms with Gasteiger partial charge in [-0.2, -0.15) is 5.26 Å². The Kier molecular flexibility index (Phi) is 6.28. The van der Waals surface area contributed by atoms with Crippen molar-refractivity contribution < 1.29 is 9.13 Å². The number of nitriles is 1. The molecule has 3 aromatic rings. The summed E-state index contributed by atoms with van der Waals surface area (Å²) in [6.07, 6.45) is 4.32. The van der Waals surface area contributed by atoms with Gasteiger partial charge in [-0.25, -0.2) is 14.4 Å². The first kappa shape index (κ1) is 21.7. The highest BCUT2D eigenvalue weighted by Crippen LogP contribution is 2.32. The third-order valence-electron chi connectivity index (χ3n) is 5.86. The Labute approximate surface area is 185 Å². The second-order valence-corrected chi connectivity index (χ2v) is 7.83. The number of aromatic nitrogens is 3. The van der Waals surface area contributed by atoms with Crippen molar-refractivity contribution in [3.63, 3.8) is 0 Å². The molecule has 1 N–H and O–H groups in total. The van der Waals surface area contributed by atoms with Crippen molar-refractivity contribution in [1.29, 1.82) is 5.26 Å². The Bertz CT molecular complexity index is 1220. The number of hydrogen-bond donors (Lipinski definition) is 1. The van der Waals surface area contributed by atoms with Crippen molar-refractivity contribution in [2.75, 3.05) is 20.2 Å². The average molecular weight is 433 g/mol. The summed E-state index contributed by atoms with van der Waals surface area (Å²) in [4.78, 5) is 22.7. The molecule has 0 saturated carbocycles. The Morgan fingerprint density at radius 1 is 1.22 bits per heavy atom. The van der Waals surface area contributed by atoms with Gasteiger partial charge in [0, 0.05) is 36.4 Å². The van der Waals surface area contributed by atoms with Gasteiger partial charge in [-0.15, -0.1) is 0 Å². The number of methoxy groups -OCH3 is 1. The zero-order valence-corrected chi connectivity index (χ0v) is 18.1. The van der Waals surface area contributed by atoms with E-state index in [0.29, 0.717) is 34.1 Å². The van der Waals surface area contributed by atoms with Crippen LogP contribution in [0.2, 0.25) is 0 Å². The van der Waals surface area contributed by atoms with Crippen molar-refractivity contribution in [3.05, 3.63) is 64.1 Å². The first-order valence-electron chi connectivity index (χ1n) is 10.6. The zero-order valence-electron chi connectivity index (χ0n) is 18.1. The summed E-state index contributed by atoms with van der Waals surface area (Å²) in [5.41, 5.74) is 1.45. The Morgan fingerprint density at radius 3 is 2.72 bits per heavy atom. The molecule has 0 spiro atoms. The minimum absolute atomic E-state index is 0.0553. The number of hydrogen-bond acceptors (Lipinski definition) is 6. The van der Waals surface area contributed by atoms with Gasteiger partial charge in [0.05, 0.1) is 23.9 Å². The van der Waals surface area contributed by atoms with E-state index < -0.39 is 5.82 Å². The first-order valence-corrected chi connectivity index (χ1v) is 10.6. The SMILES string of the molecule is COc1ccc(-c2c(-c3ccc(C#N)c(F)c3)nc(C3CCCNCC3)n(C)c2=O)cn1. The van der Waals surface area contributed by atoms with E-state index in [9.17, 15) is 9.18 Å². The summed E-state index contributed by atoms with van der Waals surface area (Å²) in [5, 5.41) is 12.5.